The van der Waals surface area contributed by atoms with Gasteiger partial charge in [-0.2, -0.15) is 0 Å². The highest BCUT2D eigenvalue weighted by molar-refractivity contribution is 8.46. The first kappa shape index (κ1) is 32.0. The van der Waals surface area contributed by atoms with Gasteiger partial charge in [0.25, 0.3) is 0 Å². The minimum absolute atomic E-state index is 0.118. The molecule has 1 nitrogen and oxygen atoms in total. The van der Waals surface area contributed by atoms with Crippen molar-refractivity contribution in [2.24, 2.45) is 0 Å². The van der Waals surface area contributed by atoms with Crippen molar-refractivity contribution in [2.75, 3.05) is 0 Å². The third kappa shape index (κ3) is 4.97. The molecule has 262 valence electrons. The average Bonchev–Trinajstić information content (AvgIpc) is 3.53. The molecule has 7 heteroatoms. The Hall–Kier alpha value is -5.66. The molecule has 1 aromatic heterocycles. The zero-order chi connectivity index (χ0) is 36.2. The highest BCUT2D eigenvalue weighted by atomic mass is 32.5. The maximum absolute atomic E-state index is 14.8. The lowest BCUT2D eigenvalue weighted by molar-refractivity contribution is 0.364. The maximum atomic E-state index is 14.8. The first-order valence-electron chi connectivity index (χ1n) is 17.7. The fraction of sp³-hybridized carbons (Fsp3) is 0.0870. The molecule has 0 spiro atoms. The molecular formula is C46H31F5OS. The number of hydrogen-bond donors (Lipinski definition) is 0. The van der Waals surface area contributed by atoms with Gasteiger partial charge in [0.2, 0.25) is 0 Å². The number of fused-ring (bicyclic) bond motifs is 7. The Bertz CT molecular complexity index is 2860. The lowest BCUT2D eigenvalue weighted by atomic mass is 9.82. The SMILES string of the molecule is FS(F)(F)(F)(F)c1c2c(c(-c3ccc4oc5c(c4c3)CCC=C5c3c4ccccc4c(-c4ccccc4)c4ccccc34)c3ccccc13)C=CCC2. The minimum Gasteiger partial charge on any atom is -0.456 e. The molecule has 0 amide bonds. The van der Waals surface area contributed by atoms with E-state index in [1.807, 2.05) is 24.3 Å². The number of allylic oxidation sites excluding steroid dienone is 2. The van der Waals surface area contributed by atoms with Crippen LogP contribution in [0.5, 0.6) is 0 Å². The zero-order valence-electron chi connectivity index (χ0n) is 28.3. The highest BCUT2D eigenvalue weighted by Gasteiger charge is 2.67. The van der Waals surface area contributed by atoms with Gasteiger partial charge in [0.05, 0.1) is 0 Å². The maximum Gasteiger partial charge on any atom is 0.311 e. The van der Waals surface area contributed by atoms with Crippen molar-refractivity contribution >= 4 is 65.2 Å². The normalized spacial score (nSPS) is 15.7. The standard InChI is InChI=1S/C46H31F5OS/c47-53(48,49,50,51)46-37-21-10-8-19-34(37)43(35-20-9-11-22-38(35)46)29-25-26-41-40(27-29)36-23-12-24-39(45(36)52-41)44-32-17-6-4-15-30(32)42(28-13-2-1-3-14-28)31-16-5-7-18-33(31)44/h1-10,13-21,24-27H,11-12,22-23H2. The first-order chi connectivity index (χ1) is 25.5. The molecule has 0 unspecified atom stereocenters. The van der Waals surface area contributed by atoms with E-state index in [0.29, 0.717) is 16.7 Å². The molecule has 2 aliphatic rings. The van der Waals surface area contributed by atoms with E-state index < -0.39 is 20.5 Å². The second-order valence-electron chi connectivity index (χ2n) is 14.0. The van der Waals surface area contributed by atoms with Crippen LogP contribution in [-0.4, -0.2) is 0 Å². The minimum atomic E-state index is -10.1. The van der Waals surface area contributed by atoms with Crippen molar-refractivity contribution in [1.29, 1.82) is 0 Å². The number of benzene rings is 7. The van der Waals surface area contributed by atoms with Crippen LogP contribution in [0, 0.1) is 0 Å². The quantitative estimate of drug-likeness (QED) is 0.130. The van der Waals surface area contributed by atoms with E-state index in [4.69, 9.17) is 4.42 Å². The van der Waals surface area contributed by atoms with E-state index in [1.165, 1.54) is 23.8 Å². The summed E-state index contributed by atoms with van der Waals surface area (Å²) in [7, 11) is -10.1. The summed E-state index contributed by atoms with van der Waals surface area (Å²) in [4.78, 5) is -1.75. The second-order valence-corrected chi connectivity index (χ2v) is 16.4. The monoisotopic (exact) mass is 726 g/mol. The van der Waals surface area contributed by atoms with Crippen molar-refractivity contribution in [1.82, 2.24) is 0 Å². The summed E-state index contributed by atoms with van der Waals surface area (Å²) in [6.45, 7) is 0. The summed E-state index contributed by atoms with van der Waals surface area (Å²) in [5, 5.41) is 5.05. The van der Waals surface area contributed by atoms with Crippen LogP contribution < -0.4 is 0 Å². The van der Waals surface area contributed by atoms with E-state index in [1.54, 1.807) is 18.2 Å². The van der Waals surface area contributed by atoms with Crippen LogP contribution in [0.25, 0.3) is 77.2 Å². The lowest BCUT2D eigenvalue weighted by Crippen LogP contribution is -2.14. The van der Waals surface area contributed by atoms with Gasteiger partial charge in [-0.25, -0.2) is 0 Å². The number of furan rings is 1. The first-order valence-corrected chi connectivity index (χ1v) is 19.7. The van der Waals surface area contributed by atoms with Gasteiger partial charge in [0, 0.05) is 27.5 Å². The Balaban J connectivity index is 1.21. The fourth-order valence-corrected chi connectivity index (χ4v) is 10.1. The Labute approximate surface area is 302 Å². The van der Waals surface area contributed by atoms with E-state index in [9.17, 15) is 19.4 Å². The van der Waals surface area contributed by atoms with Crippen LogP contribution in [-0.2, 0) is 12.8 Å². The van der Waals surface area contributed by atoms with Gasteiger partial charge in [-0.05, 0) is 98.1 Å². The van der Waals surface area contributed by atoms with Crippen LogP contribution in [0.3, 0.4) is 0 Å². The van der Waals surface area contributed by atoms with Crippen molar-refractivity contribution in [3.8, 4) is 22.3 Å². The topological polar surface area (TPSA) is 13.1 Å². The molecule has 7 aromatic carbocycles. The Kier molecular flexibility index (Phi) is 6.47. The lowest BCUT2D eigenvalue weighted by Gasteiger charge is -2.43. The van der Waals surface area contributed by atoms with Crippen molar-refractivity contribution in [3.63, 3.8) is 0 Å². The molecule has 2 aliphatic carbocycles. The molecule has 0 N–H and O–H groups in total. The highest BCUT2D eigenvalue weighted by Crippen LogP contribution is 3.03. The van der Waals surface area contributed by atoms with Crippen molar-refractivity contribution < 1.29 is 23.8 Å². The third-order valence-corrected chi connectivity index (χ3v) is 12.1. The predicted molar refractivity (Wildman–Crippen MR) is 210 cm³/mol. The van der Waals surface area contributed by atoms with E-state index >= 15 is 0 Å². The molecule has 1 heterocycles. The van der Waals surface area contributed by atoms with Gasteiger partial charge in [-0.1, -0.05) is 147 Å². The smallest absolute Gasteiger partial charge is 0.311 e. The van der Waals surface area contributed by atoms with Gasteiger partial charge in [-0.15, -0.1) is 0 Å². The van der Waals surface area contributed by atoms with Crippen LogP contribution >= 0.6 is 10.2 Å². The van der Waals surface area contributed by atoms with Crippen LogP contribution in [0.2, 0.25) is 0 Å². The Morgan fingerprint density at radius 1 is 0.491 bits per heavy atom. The number of hydrogen-bond acceptors (Lipinski definition) is 1. The van der Waals surface area contributed by atoms with Gasteiger partial charge < -0.3 is 4.42 Å². The van der Waals surface area contributed by atoms with Crippen molar-refractivity contribution in [3.05, 3.63) is 161 Å². The summed E-state index contributed by atoms with van der Waals surface area (Å²) in [6, 6.07) is 38.7. The van der Waals surface area contributed by atoms with E-state index in [-0.39, 0.29) is 29.4 Å². The zero-order valence-corrected chi connectivity index (χ0v) is 29.1. The summed E-state index contributed by atoms with van der Waals surface area (Å²) in [6.07, 6.45) is 7.22. The summed E-state index contributed by atoms with van der Waals surface area (Å²) in [5.41, 5.74) is 7.14. The van der Waals surface area contributed by atoms with Crippen LogP contribution in [0.1, 0.15) is 40.9 Å². The summed E-state index contributed by atoms with van der Waals surface area (Å²) < 4.78 is 80.7. The molecule has 0 atom stereocenters. The Morgan fingerprint density at radius 2 is 1.06 bits per heavy atom. The molecule has 53 heavy (non-hydrogen) atoms. The second kappa shape index (κ2) is 10.7. The third-order valence-electron chi connectivity index (χ3n) is 10.9. The number of rotatable bonds is 4. The van der Waals surface area contributed by atoms with Crippen LogP contribution in [0.15, 0.2) is 143 Å². The fourth-order valence-electron chi connectivity index (χ4n) is 8.87. The summed E-state index contributed by atoms with van der Waals surface area (Å²) >= 11 is 0. The molecule has 0 aliphatic heterocycles. The largest absolute Gasteiger partial charge is 0.456 e. The molecule has 0 saturated carbocycles. The van der Waals surface area contributed by atoms with Gasteiger partial charge in [0.1, 0.15) is 16.2 Å². The molecule has 0 radical (unpaired) electrons. The molecule has 0 fully saturated rings. The van der Waals surface area contributed by atoms with Crippen LogP contribution in [0.4, 0.5) is 19.4 Å². The molecule has 0 saturated heterocycles. The van der Waals surface area contributed by atoms with Gasteiger partial charge in [0.15, 0.2) is 0 Å². The summed E-state index contributed by atoms with van der Waals surface area (Å²) in [5.74, 6) is 0.772. The van der Waals surface area contributed by atoms with Gasteiger partial charge in [-0.3, -0.25) is 0 Å². The molecule has 10 rings (SSSR count). The molecular weight excluding hydrogens is 696 g/mol. The van der Waals surface area contributed by atoms with E-state index in [2.05, 4.69) is 78.9 Å². The molecule has 8 aromatic rings. The number of halogens is 5. The van der Waals surface area contributed by atoms with Gasteiger partial charge >= 0.3 is 10.2 Å². The van der Waals surface area contributed by atoms with E-state index in [0.717, 1.165) is 67.8 Å². The average molecular weight is 727 g/mol. The Morgan fingerprint density at radius 3 is 1.70 bits per heavy atom. The van der Waals surface area contributed by atoms with Crippen molar-refractivity contribution in [2.45, 2.75) is 30.6 Å². The number of aryl methyl sites for hydroxylation is 1. The predicted octanol–water partition coefficient (Wildman–Crippen LogP) is 15.2. The molecule has 0 bridgehead atoms.